The summed E-state index contributed by atoms with van der Waals surface area (Å²) < 4.78 is 6.88. The van der Waals surface area contributed by atoms with Crippen molar-refractivity contribution in [3.63, 3.8) is 0 Å². The molecule has 2 N–H and O–H groups in total. The molecule has 0 amide bonds. The SMILES string of the molecule is Cc1cccn2c(=O)c(/C=N\Nc3ccccc3)c(NCc3ccco3)nc12. The van der Waals surface area contributed by atoms with E-state index < -0.39 is 0 Å². The molecule has 0 bridgehead atoms. The smallest absolute Gasteiger partial charge is 0.268 e. The van der Waals surface area contributed by atoms with Gasteiger partial charge in [0.05, 0.1) is 24.7 Å². The molecule has 3 aromatic heterocycles. The summed E-state index contributed by atoms with van der Waals surface area (Å²) in [6.07, 6.45) is 4.80. The van der Waals surface area contributed by atoms with E-state index >= 15 is 0 Å². The zero-order valence-electron chi connectivity index (χ0n) is 15.3. The van der Waals surface area contributed by atoms with Gasteiger partial charge in [-0.1, -0.05) is 24.3 Å². The molecule has 140 valence electrons. The van der Waals surface area contributed by atoms with Crippen molar-refractivity contribution in [3.8, 4) is 0 Å². The van der Waals surface area contributed by atoms with Gasteiger partial charge in [-0.05, 0) is 42.8 Å². The number of anilines is 2. The molecule has 7 heteroatoms. The number of para-hydroxylation sites is 1. The lowest BCUT2D eigenvalue weighted by molar-refractivity contribution is 0.518. The van der Waals surface area contributed by atoms with Crippen LogP contribution >= 0.6 is 0 Å². The minimum Gasteiger partial charge on any atom is -0.467 e. The number of nitrogens with zero attached hydrogens (tertiary/aromatic N) is 3. The molecule has 0 spiro atoms. The molecule has 0 saturated carbocycles. The lowest BCUT2D eigenvalue weighted by Gasteiger charge is -2.11. The van der Waals surface area contributed by atoms with Gasteiger partial charge in [0.25, 0.3) is 5.56 Å². The highest BCUT2D eigenvalue weighted by molar-refractivity contribution is 5.87. The second-order valence-corrected chi connectivity index (χ2v) is 6.23. The van der Waals surface area contributed by atoms with Gasteiger partial charge in [-0.25, -0.2) is 4.98 Å². The van der Waals surface area contributed by atoms with Crippen LogP contribution < -0.4 is 16.3 Å². The lowest BCUT2D eigenvalue weighted by atomic mass is 10.2. The van der Waals surface area contributed by atoms with Crippen LogP contribution in [0.5, 0.6) is 0 Å². The summed E-state index contributed by atoms with van der Waals surface area (Å²) in [5.41, 5.74) is 5.42. The van der Waals surface area contributed by atoms with Crippen LogP contribution in [0.25, 0.3) is 5.65 Å². The number of hydrogen-bond acceptors (Lipinski definition) is 6. The Morgan fingerprint density at radius 1 is 1.14 bits per heavy atom. The fourth-order valence-corrected chi connectivity index (χ4v) is 2.83. The lowest BCUT2D eigenvalue weighted by Crippen LogP contribution is -2.23. The van der Waals surface area contributed by atoms with Crippen LogP contribution in [-0.4, -0.2) is 15.6 Å². The van der Waals surface area contributed by atoms with Gasteiger partial charge in [0.1, 0.15) is 22.8 Å². The number of hydrazone groups is 1. The molecule has 0 atom stereocenters. The van der Waals surface area contributed by atoms with Crippen LogP contribution in [0.4, 0.5) is 11.5 Å². The van der Waals surface area contributed by atoms with Crippen LogP contribution in [0.15, 0.2) is 81.4 Å². The minimum atomic E-state index is -0.200. The molecule has 28 heavy (non-hydrogen) atoms. The third-order valence-electron chi connectivity index (χ3n) is 4.26. The molecular weight excluding hydrogens is 354 g/mol. The number of fused-ring (bicyclic) bond motifs is 1. The molecule has 7 nitrogen and oxygen atoms in total. The Morgan fingerprint density at radius 3 is 2.79 bits per heavy atom. The van der Waals surface area contributed by atoms with Crippen molar-refractivity contribution in [2.45, 2.75) is 13.5 Å². The van der Waals surface area contributed by atoms with E-state index in [4.69, 9.17) is 4.42 Å². The Kier molecular flexibility index (Phi) is 4.88. The van der Waals surface area contributed by atoms with Gasteiger partial charge in [0, 0.05) is 6.20 Å². The summed E-state index contributed by atoms with van der Waals surface area (Å²) in [7, 11) is 0. The second-order valence-electron chi connectivity index (χ2n) is 6.23. The third-order valence-corrected chi connectivity index (χ3v) is 4.26. The topological polar surface area (TPSA) is 83.9 Å². The second kappa shape index (κ2) is 7.79. The Hall–Kier alpha value is -3.87. The van der Waals surface area contributed by atoms with Crippen LogP contribution in [-0.2, 0) is 6.54 Å². The van der Waals surface area contributed by atoms with Gasteiger partial charge in [-0.3, -0.25) is 14.6 Å². The monoisotopic (exact) mass is 373 g/mol. The maximum absolute atomic E-state index is 13.0. The number of hydrogen-bond donors (Lipinski definition) is 2. The first kappa shape index (κ1) is 17.5. The molecule has 0 fully saturated rings. The van der Waals surface area contributed by atoms with E-state index in [0.29, 0.717) is 23.6 Å². The van der Waals surface area contributed by atoms with Crippen LogP contribution in [0.1, 0.15) is 16.9 Å². The Morgan fingerprint density at radius 2 is 2.00 bits per heavy atom. The Balaban J connectivity index is 1.72. The molecule has 0 saturated heterocycles. The first-order valence-electron chi connectivity index (χ1n) is 8.85. The van der Waals surface area contributed by atoms with Crippen LogP contribution in [0.3, 0.4) is 0 Å². The van der Waals surface area contributed by atoms with Crippen molar-refractivity contribution in [1.29, 1.82) is 0 Å². The van der Waals surface area contributed by atoms with Gasteiger partial charge in [-0.15, -0.1) is 0 Å². The first-order chi connectivity index (χ1) is 13.7. The number of aryl methyl sites for hydroxylation is 1. The molecular formula is C21H19N5O2. The largest absolute Gasteiger partial charge is 0.467 e. The van der Waals surface area contributed by atoms with E-state index in [9.17, 15) is 4.79 Å². The number of benzene rings is 1. The summed E-state index contributed by atoms with van der Waals surface area (Å²) in [6.45, 7) is 2.33. The van der Waals surface area contributed by atoms with Crippen molar-refractivity contribution in [2.75, 3.05) is 10.7 Å². The molecule has 3 heterocycles. The molecule has 0 unspecified atom stereocenters. The van der Waals surface area contributed by atoms with E-state index in [0.717, 1.165) is 17.0 Å². The van der Waals surface area contributed by atoms with Crippen molar-refractivity contribution >= 4 is 23.4 Å². The fraction of sp³-hybridized carbons (Fsp3) is 0.0952. The van der Waals surface area contributed by atoms with Gasteiger partial charge in [0.15, 0.2) is 0 Å². The highest BCUT2D eigenvalue weighted by atomic mass is 16.3. The zero-order valence-corrected chi connectivity index (χ0v) is 15.3. The number of aromatic nitrogens is 2. The van der Waals surface area contributed by atoms with Gasteiger partial charge in [0.2, 0.25) is 0 Å². The van der Waals surface area contributed by atoms with Gasteiger partial charge in [-0.2, -0.15) is 5.10 Å². The van der Waals surface area contributed by atoms with Crippen molar-refractivity contribution in [3.05, 3.63) is 94.3 Å². The molecule has 0 aliphatic heterocycles. The van der Waals surface area contributed by atoms with E-state index in [2.05, 4.69) is 20.8 Å². The maximum atomic E-state index is 13.0. The highest BCUT2D eigenvalue weighted by Gasteiger charge is 2.13. The summed E-state index contributed by atoms with van der Waals surface area (Å²) in [5, 5.41) is 7.40. The number of nitrogens with one attached hydrogen (secondary N) is 2. The number of furan rings is 1. The summed E-state index contributed by atoms with van der Waals surface area (Å²) in [5.74, 6) is 1.20. The minimum absolute atomic E-state index is 0.200. The standard InChI is InChI=1S/C21H19N5O2/c1-15-7-5-11-26-20(15)24-19(22-13-17-10-6-12-28-17)18(21(26)27)14-23-25-16-8-3-2-4-9-16/h2-12,14,22,25H,13H2,1H3/b23-14-. The average molecular weight is 373 g/mol. The quantitative estimate of drug-likeness (QED) is 0.398. The first-order valence-corrected chi connectivity index (χ1v) is 8.85. The zero-order chi connectivity index (χ0) is 19.3. The van der Waals surface area contributed by atoms with Crippen LogP contribution in [0, 0.1) is 6.92 Å². The van der Waals surface area contributed by atoms with E-state index in [1.165, 1.54) is 10.6 Å². The molecule has 4 rings (SSSR count). The molecule has 4 aromatic rings. The predicted molar refractivity (Wildman–Crippen MR) is 110 cm³/mol. The van der Waals surface area contributed by atoms with Crippen molar-refractivity contribution < 1.29 is 4.42 Å². The third kappa shape index (κ3) is 3.64. The number of rotatable bonds is 6. The van der Waals surface area contributed by atoms with E-state index in [1.807, 2.05) is 61.5 Å². The summed E-state index contributed by atoms with van der Waals surface area (Å²) in [4.78, 5) is 17.7. The molecule has 0 aliphatic rings. The predicted octanol–water partition coefficient (Wildman–Crippen LogP) is 3.65. The molecule has 0 aliphatic carbocycles. The van der Waals surface area contributed by atoms with Crippen molar-refractivity contribution in [1.82, 2.24) is 9.38 Å². The maximum Gasteiger partial charge on any atom is 0.268 e. The number of pyridine rings is 1. The van der Waals surface area contributed by atoms with Gasteiger partial charge < -0.3 is 9.73 Å². The Bertz CT molecular complexity index is 1160. The molecule has 1 aromatic carbocycles. The van der Waals surface area contributed by atoms with E-state index in [1.54, 1.807) is 12.5 Å². The van der Waals surface area contributed by atoms with Crippen LogP contribution in [0.2, 0.25) is 0 Å². The van der Waals surface area contributed by atoms with Crippen molar-refractivity contribution in [2.24, 2.45) is 5.10 Å². The Labute approximate surface area is 161 Å². The average Bonchev–Trinajstić information content (AvgIpc) is 3.23. The van der Waals surface area contributed by atoms with Gasteiger partial charge >= 0.3 is 0 Å². The fourth-order valence-electron chi connectivity index (χ4n) is 2.83. The summed E-state index contributed by atoms with van der Waals surface area (Å²) in [6, 6.07) is 16.9. The van der Waals surface area contributed by atoms with E-state index in [-0.39, 0.29) is 5.56 Å². The normalized spacial score (nSPS) is 11.2. The summed E-state index contributed by atoms with van der Waals surface area (Å²) >= 11 is 0. The highest BCUT2D eigenvalue weighted by Crippen LogP contribution is 2.14. The molecule has 0 radical (unpaired) electrons.